The van der Waals surface area contributed by atoms with Gasteiger partial charge in [0.05, 0.1) is 12.9 Å². The van der Waals surface area contributed by atoms with Gasteiger partial charge >= 0.3 is 0 Å². The first-order valence-corrected chi connectivity index (χ1v) is 9.42. The van der Waals surface area contributed by atoms with Gasteiger partial charge in [-0.05, 0) is 30.9 Å². The van der Waals surface area contributed by atoms with E-state index in [2.05, 4.69) is 51.4 Å². The highest BCUT2D eigenvalue weighted by Crippen LogP contribution is 2.17. The number of imidazole rings is 1. The Hall–Kier alpha value is -2.30. The maximum atomic E-state index is 4.79. The van der Waals surface area contributed by atoms with Crippen LogP contribution in [0.25, 0.3) is 0 Å². The summed E-state index contributed by atoms with van der Waals surface area (Å²) in [4.78, 5) is 8.89. The summed E-state index contributed by atoms with van der Waals surface area (Å²) in [5.74, 6) is 0.939. The minimum atomic E-state index is 0.569. The van der Waals surface area contributed by atoms with Crippen molar-refractivity contribution < 1.29 is 0 Å². The molecule has 0 aliphatic heterocycles. The van der Waals surface area contributed by atoms with E-state index >= 15 is 0 Å². The molecule has 5 heteroatoms. The van der Waals surface area contributed by atoms with Crippen LogP contribution in [0.5, 0.6) is 0 Å². The van der Waals surface area contributed by atoms with Crippen LogP contribution in [0.15, 0.2) is 48.0 Å². The fourth-order valence-corrected chi connectivity index (χ4v) is 3.35. The van der Waals surface area contributed by atoms with Gasteiger partial charge in [0, 0.05) is 31.5 Å². The lowest BCUT2D eigenvalue weighted by Crippen LogP contribution is -2.44. The van der Waals surface area contributed by atoms with Crippen LogP contribution in [0, 0.1) is 0 Å². The Labute approximate surface area is 150 Å². The fraction of sp³-hybridized carbons (Fsp3) is 0.500. The van der Waals surface area contributed by atoms with Crippen molar-refractivity contribution in [2.24, 2.45) is 4.99 Å². The van der Waals surface area contributed by atoms with E-state index in [1.54, 1.807) is 0 Å². The van der Waals surface area contributed by atoms with E-state index in [0.29, 0.717) is 12.6 Å². The average Bonchev–Trinajstić information content (AvgIpc) is 3.14. The number of nitrogens with one attached hydrogen (secondary N) is 2. The first-order valence-electron chi connectivity index (χ1n) is 9.42. The molecule has 0 saturated heterocycles. The molecule has 1 aromatic carbocycles. The number of guanidine groups is 1. The molecule has 2 N–H and O–H groups in total. The van der Waals surface area contributed by atoms with Gasteiger partial charge in [-0.1, -0.05) is 43.5 Å². The molecule has 1 fully saturated rings. The van der Waals surface area contributed by atoms with Crippen LogP contribution in [0.1, 0.15) is 50.2 Å². The average molecular weight is 339 g/mol. The van der Waals surface area contributed by atoms with Crippen molar-refractivity contribution in [3.8, 4) is 0 Å². The van der Waals surface area contributed by atoms with E-state index in [4.69, 9.17) is 4.99 Å². The third kappa shape index (κ3) is 5.62. The van der Waals surface area contributed by atoms with Crippen LogP contribution in [0.3, 0.4) is 0 Å². The molecule has 1 saturated carbocycles. The van der Waals surface area contributed by atoms with Gasteiger partial charge in [0.2, 0.25) is 0 Å². The first-order chi connectivity index (χ1) is 12.3. The van der Waals surface area contributed by atoms with Crippen molar-refractivity contribution in [2.75, 3.05) is 6.54 Å². The molecule has 3 rings (SSSR count). The SMILES string of the molecule is CCNC(=NCc1cccc(Cn2ccnc2)c1)NC1CCCCC1. The number of benzene rings is 1. The highest BCUT2D eigenvalue weighted by molar-refractivity contribution is 5.80. The van der Waals surface area contributed by atoms with Crippen LogP contribution >= 0.6 is 0 Å². The van der Waals surface area contributed by atoms with Gasteiger partial charge in [0.25, 0.3) is 0 Å². The van der Waals surface area contributed by atoms with E-state index in [0.717, 1.165) is 19.0 Å². The molecule has 0 unspecified atom stereocenters. The molecule has 0 radical (unpaired) electrons. The maximum absolute atomic E-state index is 4.79. The summed E-state index contributed by atoms with van der Waals surface area (Å²) < 4.78 is 2.08. The second-order valence-corrected chi connectivity index (χ2v) is 6.73. The molecular weight excluding hydrogens is 310 g/mol. The molecule has 25 heavy (non-hydrogen) atoms. The molecular formula is C20H29N5. The standard InChI is InChI=1S/C20H29N5/c1-2-22-20(24-19-9-4-3-5-10-19)23-14-17-7-6-8-18(13-17)15-25-12-11-21-16-25/h6-8,11-13,16,19H,2-5,9-10,14-15H2,1H3,(H2,22,23,24). The number of nitrogens with zero attached hydrogens (tertiary/aromatic N) is 3. The Bertz CT molecular complexity index is 656. The molecule has 5 nitrogen and oxygen atoms in total. The molecule has 1 heterocycles. The second-order valence-electron chi connectivity index (χ2n) is 6.73. The summed E-state index contributed by atoms with van der Waals surface area (Å²) in [6.07, 6.45) is 12.2. The van der Waals surface area contributed by atoms with E-state index in [1.807, 2.05) is 18.7 Å². The van der Waals surface area contributed by atoms with Crippen LogP contribution in [0.4, 0.5) is 0 Å². The molecule has 134 valence electrons. The zero-order chi connectivity index (χ0) is 17.3. The Kier molecular flexibility index (Phi) is 6.48. The Morgan fingerprint density at radius 3 is 2.84 bits per heavy atom. The van der Waals surface area contributed by atoms with Gasteiger partial charge in [-0.3, -0.25) is 0 Å². The van der Waals surface area contributed by atoms with Crippen LogP contribution in [0.2, 0.25) is 0 Å². The van der Waals surface area contributed by atoms with Crippen LogP contribution in [-0.2, 0) is 13.1 Å². The van der Waals surface area contributed by atoms with Crippen molar-refractivity contribution in [1.29, 1.82) is 0 Å². The van der Waals surface area contributed by atoms with E-state index < -0.39 is 0 Å². The van der Waals surface area contributed by atoms with E-state index in [1.165, 1.54) is 43.2 Å². The third-order valence-electron chi connectivity index (χ3n) is 4.63. The Morgan fingerprint density at radius 2 is 2.08 bits per heavy atom. The van der Waals surface area contributed by atoms with Crippen LogP contribution < -0.4 is 10.6 Å². The summed E-state index contributed by atoms with van der Waals surface area (Å²) in [6, 6.07) is 9.20. The van der Waals surface area contributed by atoms with Crippen molar-refractivity contribution in [3.63, 3.8) is 0 Å². The zero-order valence-electron chi connectivity index (χ0n) is 15.1. The summed E-state index contributed by atoms with van der Waals surface area (Å²) >= 11 is 0. The predicted molar refractivity (Wildman–Crippen MR) is 103 cm³/mol. The number of hydrogen-bond donors (Lipinski definition) is 2. The third-order valence-corrected chi connectivity index (χ3v) is 4.63. The maximum Gasteiger partial charge on any atom is 0.191 e. The number of aromatic nitrogens is 2. The minimum Gasteiger partial charge on any atom is -0.357 e. The van der Waals surface area contributed by atoms with Gasteiger partial charge in [-0.15, -0.1) is 0 Å². The number of hydrogen-bond acceptors (Lipinski definition) is 2. The van der Waals surface area contributed by atoms with E-state index in [9.17, 15) is 0 Å². The topological polar surface area (TPSA) is 54.2 Å². The lowest BCUT2D eigenvalue weighted by molar-refractivity contribution is 0.410. The van der Waals surface area contributed by atoms with Gasteiger partial charge in [0.1, 0.15) is 0 Å². The summed E-state index contributed by atoms with van der Waals surface area (Å²) in [7, 11) is 0. The fourth-order valence-electron chi connectivity index (χ4n) is 3.35. The number of rotatable bonds is 6. The molecule has 1 aliphatic carbocycles. The lowest BCUT2D eigenvalue weighted by Gasteiger charge is -2.24. The molecule has 0 atom stereocenters. The van der Waals surface area contributed by atoms with Crippen molar-refractivity contribution in [3.05, 3.63) is 54.1 Å². The normalized spacial score (nSPS) is 16.0. The summed E-state index contributed by atoms with van der Waals surface area (Å²) in [5.41, 5.74) is 2.51. The molecule has 1 aliphatic rings. The van der Waals surface area contributed by atoms with Gasteiger partial charge in [-0.2, -0.15) is 0 Å². The molecule has 1 aromatic heterocycles. The van der Waals surface area contributed by atoms with Crippen molar-refractivity contribution >= 4 is 5.96 Å². The first kappa shape index (κ1) is 17.5. The van der Waals surface area contributed by atoms with Crippen molar-refractivity contribution in [2.45, 2.75) is 58.2 Å². The summed E-state index contributed by atoms with van der Waals surface area (Å²) in [5, 5.41) is 6.98. The lowest BCUT2D eigenvalue weighted by atomic mass is 9.96. The Balaban J connectivity index is 1.61. The van der Waals surface area contributed by atoms with E-state index in [-0.39, 0.29) is 0 Å². The molecule has 2 aromatic rings. The molecule has 0 amide bonds. The second kappa shape index (κ2) is 9.25. The molecule has 0 bridgehead atoms. The molecule has 0 spiro atoms. The summed E-state index contributed by atoms with van der Waals surface area (Å²) in [6.45, 7) is 4.54. The van der Waals surface area contributed by atoms with Gasteiger partial charge < -0.3 is 15.2 Å². The van der Waals surface area contributed by atoms with Crippen molar-refractivity contribution in [1.82, 2.24) is 20.2 Å². The van der Waals surface area contributed by atoms with Gasteiger partial charge in [-0.25, -0.2) is 9.98 Å². The highest BCUT2D eigenvalue weighted by Gasteiger charge is 2.14. The highest BCUT2D eigenvalue weighted by atomic mass is 15.2. The van der Waals surface area contributed by atoms with Gasteiger partial charge in [0.15, 0.2) is 5.96 Å². The smallest absolute Gasteiger partial charge is 0.191 e. The number of aliphatic imine (C=N–C) groups is 1. The predicted octanol–water partition coefficient (Wildman–Crippen LogP) is 3.32. The quantitative estimate of drug-likeness (QED) is 0.627. The zero-order valence-corrected chi connectivity index (χ0v) is 15.1. The van der Waals surface area contributed by atoms with Crippen LogP contribution in [-0.4, -0.2) is 28.1 Å². The largest absolute Gasteiger partial charge is 0.357 e. The minimum absolute atomic E-state index is 0.569. The Morgan fingerprint density at radius 1 is 1.24 bits per heavy atom. The monoisotopic (exact) mass is 339 g/mol.